The molecule has 2 heterocycles. The van der Waals surface area contributed by atoms with Gasteiger partial charge in [0.1, 0.15) is 5.69 Å². The van der Waals surface area contributed by atoms with Crippen molar-refractivity contribution < 1.29 is 14.5 Å². The van der Waals surface area contributed by atoms with Gasteiger partial charge in [-0.1, -0.05) is 12.1 Å². The molecule has 1 aromatic carbocycles. The minimum Gasteiger partial charge on any atom is -0.379 e. The maximum atomic E-state index is 12.2. The van der Waals surface area contributed by atoms with Crippen molar-refractivity contribution in [2.24, 2.45) is 0 Å². The fourth-order valence-electron chi connectivity index (χ4n) is 3.35. The number of rotatable bonds is 8. The molecular weight excluding hydrogens is 394 g/mol. The van der Waals surface area contributed by atoms with Crippen LogP contribution in [0.4, 0.5) is 16.5 Å². The maximum Gasteiger partial charge on any atom is 0.292 e. The predicted molar refractivity (Wildman–Crippen MR) is 112 cm³/mol. The topological polar surface area (TPSA) is 110 Å². The van der Waals surface area contributed by atoms with Crippen LogP contribution in [0.3, 0.4) is 0 Å². The SMILES string of the molecule is C[C@@H]1CN(Cc2csc(NC(=O)CCNc3ccccc3[N+](=O)[O-])n2)C[C@H](C)O1. The zero-order valence-corrected chi connectivity index (χ0v) is 17.3. The number of hydrogen-bond donors (Lipinski definition) is 2. The van der Waals surface area contributed by atoms with Crippen LogP contribution < -0.4 is 10.6 Å². The largest absolute Gasteiger partial charge is 0.379 e. The number of para-hydroxylation sites is 2. The van der Waals surface area contributed by atoms with E-state index in [1.807, 2.05) is 5.38 Å². The van der Waals surface area contributed by atoms with Crippen LogP contribution in [0.25, 0.3) is 0 Å². The number of nitro groups is 1. The number of thiazole rings is 1. The number of carbonyl (C=O) groups excluding carboxylic acids is 1. The van der Waals surface area contributed by atoms with E-state index in [4.69, 9.17) is 4.74 Å². The minimum absolute atomic E-state index is 0.00998. The van der Waals surface area contributed by atoms with Gasteiger partial charge in [0.05, 0.1) is 22.8 Å². The Balaban J connectivity index is 1.45. The molecule has 1 aromatic heterocycles. The molecule has 1 fully saturated rings. The van der Waals surface area contributed by atoms with E-state index in [-0.39, 0.29) is 30.2 Å². The normalized spacial score (nSPS) is 19.7. The zero-order valence-electron chi connectivity index (χ0n) is 16.5. The molecule has 1 aliphatic rings. The van der Waals surface area contributed by atoms with Gasteiger partial charge in [-0.25, -0.2) is 4.98 Å². The van der Waals surface area contributed by atoms with Gasteiger partial charge in [-0.2, -0.15) is 0 Å². The van der Waals surface area contributed by atoms with Crippen molar-refractivity contribution in [3.63, 3.8) is 0 Å². The van der Waals surface area contributed by atoms with Crippen LogP contribution in [0.15, 0.2) is 29.6 Å². The van der Waals surface area contributed by atoms with Crippen LogP contribution in [-0.2, 0) is 16.1 Å². The number of nitrogens with one attached hydrogen (secondary N) is 2. The monoisotopic (exact) mass is 419 g/mol. The lowest BCUT2D eigenvalue weighted by atomic mass is 10.2. The molecule has 2 aromatic rings. The number of ether oxygens (including phenoxy) is 1. The lowest BCUT2D eigenvalue weighted by Crippen LogP contribution is -2.44. The Hall–Kier alpha value is -2.56. The van der Waals surface area contributed by atoms with Gasteiger partial charge in [0, 0.05) is 44.0 Å². The second kappa shape index (κ2) is 9.77. The number of nitrogens with zero attached hydrogens (tertiary/aromatic N) is 3. The summed E-state index contributed by atoms with van der Waals surface area (Å²) in [6, 6.07) is 6.36. The van der Waals surface area contributed by atoms with Gasteiger partial charge in [-0.15, -0.1) is 11.3 Å². The standard InChI is InChI=1S/C19H25N5O4S/c1-13-9-23(10-14(2)28-13)11-15-12-29-19(21-15)22-18(25)7-8-20-16-5-3-4-6-17(16)24(26)27/h3-6,12-14,20H,7-11H2,1-2H3,(H,21,22,25)/t13-,14+. The van der Waals surface area contributed by atoms with E-state index in [2.05, 4.69) is 34.4 Å². The van der Waals surface area contributed by atoms with Crippen molar-refractivity contribution >= 4 is 33.8 Å². The molecule has 0 radical (unpaired) electrons. The highest BCUT2D eigenvalue weighted by Gasteiger charge is 2.22. The molecule has 156 valence electrons. The minimum atomic E-state index is -0.449. The van der Waals surface area contributed by atoms with Crippen molar-refractivity contribution in [2.75, 3.05) is 30.3 Å². The number of amides is 1. The van der Waals surface area contributed by atoms with Gasteiger partial charge < -0.3 is 15.4 Å². The Labute approximate surface area is 173 Å². The second-order valence-electron chi connectivity index (χ2n) is 7.09. The van der Waals surface area contributed by atoms with Crippen LogP contribution in [0, 0.1) is 10.1 Å². The summed E-state index contributed by atoms with van der Waals surface area (Å²) in [5.41, 5.74) is 1.31. The van der Waals surface area contributed by atoms with E-state index in [9.17, 15) is 14.9 Å². The number of anilines is 2. The van der Waals surface area contributed by atoms with Crippen LogP contribution >= 0.6 is 11.3 Å². The van der Waals surface area contributed by atoms with Crippen molar-refractivity contribution in [1.29, 1.82) is 0 Å². The van der Waals surface area contributed by atoms with Gasteiger partial charge in [-0.05, 0) is 19.9 Å². The summed E-state index contributed by atoms with van der Waals surface area (Å²) in [6.45, 7) is 6.87. The van der Waals surface area contributed by atoms with Crippen molar-refractivity contribution in [3.05, 3.63) is 45.5 Å². The molecule has 0 aliphatic carbocycles. The first kappa shape index (κ1) is 21.2. The second-order valence-corrected chi connectivity index (χ2v) is 7.95. The summed E-state index contributed by atoms with van der Waals surface area (Å²) in [7, 11) is 0. The van der Waals surface area contributed by atoms with E-state index in [1.54, 1.807) is 18.2 Å². The molecule has 29 heavy (non-hydrogen) atoms. The van der Waals surface area contributed by atoms with E-state index in [1.165, 1.54) is 17.4 Å². The Morgan fingerprint density at radius 3 is 2.79 bits per heavy atom. The first-order chi connectivity index (χ1) is 13.9. The molecule has 1 amide bonds. The smallest absolute Gasteiger partial charge is 0.292 e. The molecule has 1 aliphatic heterocycles. The van der Waals surface area contributed by atoms with Crippen LogP contribution in [-0.4, -0.2) is 52.6 Å². The van der Waals surface area contributed by atoms with E-state index in [0.717, 1.165) is 25.3 Å². The first-order valence-corrected chi connectivity index (χ1v) is 10.4. The van der Waals surface area contributed by atoms with Gasteiger partial charge in [-0.3, -0.25) is 19.8 Å². The third-order valence-corrected chi connectivity index (χ3v) is 5.25. The molecule has 0 saturated carbocycles. The lowest BCUT2D eigenvalue weighted by molar-refractivity contribution is -0.384. The van der Waals surface area contributed by atoms with Gasteiger partial charge in [0.2, 0.25) is 5.91 Å². The molecule has 10 heteroatoms. The Bertz CT molecular complexity index is 849. The van der Waals surface area contributed by atoms with Crippen LogP contribution in [0.2, 0.25) is 0 Å². The molecule has 0 bridgehead atoms. The summed E-state index contributed by atoms with van der Waals surface area (Å²) in [5, 5.41) is 19.3. The summed E-state index contributed by atoms with van der Waals surface area (Å²) in [6.07, 6.45) is 0.577. The van der Waals surface area contributed by atoms with Crippen LogP contribution in [0.1, 0.15) is 26.0 Å². The molecule has 2 atom stereocenters. The number of carbonyl (C=O) groups is 1. The molecule has 3 rings (SSSR count). The molecule has 1 saturated heterocycles. The summed E-state index contributed by atoms with van der Waals surface area (Å²) >= 11 is 1.39. The predicted octanol–water partition coefficient (Wildman–Crippen LogP) is 3.10. The summed E-state index contributed by atoms with van der Waals surface area (Å²) in [5.74, 6) is -0.189. The fraction of sp³-hybridized carbons (Fsp3) is 0.474. The van der Waals surface area contributed by atoms with Crippen molar-refractivity contribution in [3.8, 4) is 0 Å². The maximum absolute atomic E-state index is 12.2. The van der Waals surface area contributed by atoms with Crippen molar-refractivity contribution in [1.82, 2.24) is 9.88 Å². The summed E-state index contributed by atoms with van der Waals surface area (Å²) < 4.78 is 5.74. The highest BCUT2D eigenvalue weighted by atomic mass is 32.1. The Morgan fingerprint density at radius 2 is 2.07 bits per heavy atom. The Kier molecular flexibility index (Phi) is 7.13. The number of hydrogen-bond acceptors (Lipinski definition) is 8. The number of morpholine rings is 1. The van der Waals surface area contributed by atoms with Crippen LogP contribution in [0.5, 0.6) is 0 Å². The fourth-order valence-corrected chi connectivity index (χ4v) is 4.07. The highest BCUT2D eigenvalue weighted by Crippen LogP contribution is 2.23. The van der Waals surface area contributed by atoms with E-state index < -0.39 is 4.92 Å². The average molecular weight is 420 g/mol. The molecule has 9 nitrogen and oxygen atoms in total. The van der Waals surface area contributed by atoms with E-state index in [0.29, 0.717) is 17.4 Å². The van der Waals surface area contributed by atoms with Crippen molar-refractivity contribution in [2.45, 2.75) is 39.0 Å². The number of benzene rings is 1. The Morgan fingerprint density at radius 1 is 1.34 bits per heavy atom. The average Bonchev–Trinajstić information content (AvgIpc) is 3.07. The number of aromatic nitrogens is 1. The molecule has 0 spiro atoms. The quantitative estimate of drug-likeness (QED) is 0.500. The summed E-state index contributed by atoms with van der Waals surface area (Å²) in [4.78, 5) is 29.5. The third kappa shape index (κ3) is 6.21. The zero-order chi connectivity index (χ0) is 20.8. The third-order valence-electron chi connectivity index (χ3n) is 4.45. The molecule has 2 N–H and O–H groups in total. The van der Waals surface area contributed by atoms with Gasteiger partial charge in [0.15, 0.2) is 5.13 Å². The molecule has 0 unspecified atom stereocenters. The van der Waals surface area contributed by atoms with E-state index >= 15 is 0 Å². The lowest BCUT2D eigenvalue weighted by Gasteiger charge is -2.34. The first-order valence-electron chi connectivity index (χ1n) is 9.50. The highest BCUT2D eigenvalue weighted by molar-refractivity contribution is 7.13. The molecular formula is C19H25N5O4S. The van der Waals surface area contributed by atoms with Gasteiger partial charge >= 0.3 is 0 Å². The van der Waals surface area contributed by atoms with Gasteiger partial charge in [0.25, 0.3) is 5.69 Å². The number of nitro benzene ring substituents is 1.